The van der Waals surface area contributed by atoms with Gasteiger partial charge in [-0.1, -0.05) is 0 Å². The summed E-state index contributed by atoms with van der Waals surface area (Å²) in [7, 11) is -1.41. The Labute approximate surface area is 82.5 Å². The zero-order valence-electron chi connectivity index (χ0n) is 7.89. The molecule has 5 nitrogen and oxygen atoms in total. The van der Waals surface area contributed by atoms with Crippen molar-refractivity contribution >= 4 is 14.0 Å². The number of hydrogen-bond donors (Lipinski definition) is 3. The maximum absolute atomic E-state index is 9.07. The molecular weight excluding hydrogens is 204 g/mol. The van der Waals surface area contributed by atoms with Crippen LogP contribution in [0.5, 0.6) is 11.5 Å². The van der Waals surface area contributed by atoms with E-state index in [1.54, 1.807) is 6.07 Å². The summed E-state index contributed by atoms with van der Waals surface area (Å²) in [5.41, 5.74) is 0. The molecule has 1 aromatic rings. The first-order valence-electron chi connectivity index (χ1n) is 3.88. The Hall–Kier alpha value is -1.08. The number of hydrogen-bond acceptors (Lipinski definition) is 5. The minimum Gasteiger partial charge on any atom is -0.497 e. The molecule has 14 heavy (non-hydrogen) atoms. The molecule has 78 valence electrons. The van der Waals surface area contributed by atoms with E-state index in [1.165, 1.54) is 26.4 Å². The van der Waals surface area contributed by atoms with Gasteiger partial charge in [0.15, 0.2) is 0 Å². The molecule has 0 radical (unpaired) electrons. The van der Waals surface area contributed by atoms with Crippen molar-refractivity contribution < 1.29 is 23.9 Å². The monoisotopic (exact) mass is 216 g/mol. The number of methoxy groups -OCH3 is 2. The zero-order chi connectivity index (χ0) is 10.8. The second kappa shape index (κ2) is 3.97. The van der Waals surface area contributed by atoms with Gasteiger partial charge in [-0.25, -0.2) is 0 Å². The molecule has 0 spiro atoms. The van der Waals surface area contributed by atoms with E-state index in [0.29, 0.717) is 11.5 Å². The van der Waals surface area contributed by atoms with Crippen LogP contribution in [0.25, 0.3) is 0 Å². The van der Waals surface area contributed by atoms with E-state index in [0.717, 1.165) is 0 Å². The van der Waals surface area contributed by atoms with Gasteiger partial charge in [0, 0.05) is 11.3 Å². The highest BCUT2D eigenvalue weighted by Crippen LogP contribution is 2.18. The highest BCUT2D eigenvalue weighted by Gasteiger charge is 2.31. The van der Waals surface area contributed by atoms with Crippen molar-refractivity contribution in [2.24, 2.45) is 0 Å². The van der Waals surface area contributed by atoms with Crippen LogP contribution in [0.4, 0.5) is 0 Å². The lowest BCUT2D eigenvalue weighted by Crippen LogP contribution is -2.48. The predicted molar refractivity (Wildman–Crippen MR) is 51.6 cm³/mol. The Bertz CT molecular complexity index is 298. The summed E-state index contributed by atoms with van der Waals surface area (Å²) >= 11 is 0. The molecule has 0 saturated carbocycles. The van der Waals surface area contributed by atoms with Gasteiger partial charge in [0.05, 0.1) is 14.2 Å². The summed E-state index contributed by atoms with van der Waals surface area (Å²) in [4.78, 5) is 27.2. The quantitative estimate of drug-likeness (QED) is 0.555. The molecule has 0 aromatic heterocycles. The summed E-state index contributed by atoms with van der Waals surface area (Å²) in [6, 6.07) is 4.28. The van der Waals surface area contributed by atoms with Crippen molar-refractivity contribution in [2.75, 3.05) is 14.2 Å². The number of benzene rings is 1. The Morgan fingerprint density at radius 2 is 1.36 bits per heavy atom. The first-order chi connectivity index (χ1) is 6.47. The molecule has 0 heterocycles. The van der Waals surface area contributed by atoms with Crippen LogP contribution in [0.1, 0.15) is 0 Å². The van der Waals surface area contributed by atoms with Crippen LogP contribution >= 0.6 is 0 Å². The maximum Gasteiger partial charge on any atom is 0.529 e. The van der Waals surface area contributed by atoms with Gasteiger partial charge in [-0.2, -0.15) is 0 Å². The molecule has 0 saturated heterocycles. The van der Waals surface area contributed by atoms with Crippen LogP contribution in [-0.4, -0.2) is 37.4 Å². The van der Waals surface area contributed by atoms with Crippen LogP contribution in [0.3, 0.4) is 0 Å². The van der Waals surface area contributed by atoms with Crippen LogP contribution in [0.15, 0.2) is 18.2 Å². The molecule has 0 amide bonds. The molecule has 1 aromatic carbocycles. The van der Waals surface area contributed by atoms with Gasteiger partial charge >= 0.3 is 8.80 Å². The molecule has 0 aliphatic rings. The van der Waals surface area contributed by atoms with Gasteiger partial charge in [0.1, 0.15) is 11.5 Å². The third-order valence-electron chi connectivity index (χ3n) is 1.74. The van der Waals surface area contributed by atoms with Crippen molar-refractivity contribution in [1.29, 1.82) is 0 Å². The Balaban J connectivity index is 3.17. The molecule has 3 N–H and O–H groups in total. The summed E-state index contributed by atoms with van der Waals surface area (Å²) in [6.45, 7) is 0. The molecular formula is C8H12O5Si. The second-order valence-electron chi connectivity index (χ2n) is 2.74. The van der Waals surface area contributed by atoms with Gasteiger partial charge in [0.25, 0.3) is 0 Å². The standard InChI is InChI=1S/C8H12O5Si/c1-12-6-3-7(13-2)5-8(4-6)14(9,10)11/h3-5,9-11H,1-2H3. The maximum atomic E-state index is 9.07. The Kier molecular flexibility index (Phi) is 3.12. The second-order valence-corrected chi connectivity index (χ2v) is 4.58. The summed E-state index contributed by atoms with van der Waals surface area (Å²) < 4.78 is 9.80. The van der Waals surface area contributed by atoms with E-state index in [4.69, 9.17) is 23.9 Å². The van der Waals surface area contributed by atoms with Gasteiger partial charge < -0.3 is 23.9 Å². The smallest absolute Gasteiger partial charge is 0.497 e. The summed E-state index contributed by atoms with van der Waals surface area (Å²) in [6.07, 6.45) is 0. The van der Waals surface area contributed by atoms with E-state index >= 15 is 0 Å². The fourth-order valence-electron chi connectivity index (χ4n) is 1.00. The normalized spacial score (nSPS) is 11.2. The fourth-order valence-corrected chi connectivity index (χ4v) is 1.67. The third-order valence-corrected chi connectivity index (χ3v) is 2.80. The van der Waals surface area contributed by atoms with Crippen LogP contribution in [0, 0.1) is 0 Å². The number of rotatable bonds is 3. The average Bonchev–Trinajstić information content (AvgIpc) is 2.15. The molecule has 0 unspecified atom stereocenters. The lowest BCUT2D eigenvalue weighted by atomic mass is 10.3. The molecule has 0 fully saturated rings. The van der Waals surface area contributed by atoms with Crippen molar-refractivity contribution in [3.8, 4) is 11.5 Å². The fraction of sp³-hybridized carbons (Fsp3) is 0.250. The van der Waals surface area contributed by atoms with E-state index in [2.05, 4.69) is 0 Å². The molecule has 1 rings (SSSR count). The topological polar surface area (TPSA) is 79.2 Å². The SMILES string of the molecule is COc1cc(OC)cc([Si](O)(O)O)c1. The summed E-state index contributed by atoms with van der Waals surface area (Å²) in [5, 5.41) is 0.0219. The third kappa shape index (κ3) is 2.45. The Morgan fingerprint density at radius 1 is 0.929 bits per heavy atom. The minimum atomic E-state index is -4.29. The molecule has 0 atom stereocenters. The molecule has 0 bridgehead atoms. The van der Waals surface area contributed by atoms with E-state index in [9.17, 15) is 0 Å². The first-order valence-corrected chi connectivity index (χ1v) is 5.72. The summed E-state index contributed by atoms with van der Waals surface area (Å²) in [5.74, 6) is 0.793. The van der Waals surface area contributed by atoms with Crippen LogP contribution in [-0.2, 0) is 0 Å². The van der Waals surface area contributed by atoms with Crippen molar-refractivity contribution in [3.05, 3.63) is 18.2 Å². The lowest BCUT2D eigenvalue weighted by Gasteiger charge is -2.12. The van der Waals surface area contributed by atoms with Crippen molar-refractivity contribution in [2.45, 2.75) is 0 Å². The van der Waals surface area contributed by atoms with E-state index < -0.39 is 8.80 Å². The van der Waals surface area contributed by atoms with Crippen molar-refractivity contribution in [3.63, 3.8) is 0 Å². The van der Waals surface area contributed by atoms with Gasteiger partial charge in [-0.3, -0.25) is 0 Å². The minimum absolute atomic E-state index is 0.0219. The van der Waals surface area contributed by atoms with Gasteiger partial charge in [-0.05, 0) is 12.1 Å². The van der Waals surface area contributed by atoms with Gasteiger partial charge in [0.2, 0.25) is 0 Å². The number of ether oxygens (including phenoxy) is 2. The molecule has 0 aliphatic carbocycles. The van der Waals surface area contributed by atoms with Crippen molar-refractivity contribution in [1.82, 2.24) is 0 Å². The van der Waals surface area contributed by atoms with E-state index in [1.807, 2.05) is 0 Å². The molecule has 6 heteroatoms. The van der Waals surface area contributed by atoms with Crippen LogP contribution in [0.2, 0.25) is 0 Å². The average molecular weight is 216 g/mol. The predicted octanol–water partition coefficient (Wildman–Crippen LogP) is -1.17. The van der Waals surface area contributed by atoms with Crippen LogP contribution < -0.4 is 14.7 Å². The van der Waals surface area contributed by atoms with Gasteiger partial charge in [-0.15, -0.1) is 0 Å². The lowest BCUT2D eigenvalue weighted by molar-refractivity contribution is 0.249. The van der Waals surface area contributed by atoms with E-state index in [-0.39, 0.29) is 5.19 Å². The highest BCUT2D eigenvalue weighted by molar-refractivity contribution is 6.71. The Morgan fingerprint density at radius 3 is 1.64 bits per heavy atom. The zero-order valence-corrected chi connectivity index (χ0v) is 8.89. The largest absolute Gasteiger partial charge is 0.529 e. The molecule has 0 aliphatic heterocycles. The highest BCUT2D eigenvalue weighted by atomic mass is 28.4. The first kappa shape index (κ1) is 11.0.